The molecular weight excluding hydrogens is 252 g/mol. The number of ether oxygens (including phenoxy) is 1. The molecule has 2 heterocycles. The standard InChI is InChI=1S/C15H28N4O/c1-14(2)10-18(13-16)5-3-4-17-6-8-19(9-7-17)15-11-20-12-15/h14-15H,3-12H2,1-2H3. The number of nitrogens with zero attached hydrogens (tertiary/aromatic N) is 4. The molecule has 0 atom stereocenters. The van der Waals surface area contributed by atoms with Gasteiger partial charge in [0.05, 0.1) is 19.3 Å². The highest BCUT2D eigenvalue weighted by Crippen LogP contribution is 2.13. The summed E-state index contributed by atoms with van der Waals surface area (Å²) in [6.45, 7) is 13.7. The smallest absolute Gasteiger partial charge is 0.179 e. The van der Waals surface area contributed by atoms with E-state index in [-0.39, 0.29) is 0 Å². The zero-order chi connectivity index (χ0) is 14.4. The maximum Gasteiger partial charge on any atom is 0.179 e. The molecule has 114 valence electrons. The predicted octanol–water partition coefficient (Wildman–Crippen LogP) is 0.832. The van der Waals surface area contributed by atoms with Crippen LogP contribution in [0.3, 0.4) is 0 Å². The molecule has 0 N–H and O–H groups in total. The lowest BCUT2D eigenvalue weighted by Gasteiger charge is -2.42. The first kappa shape index (κ1) is 15.6. The van der Waals surface area contributed by atoms with Crippen molar-refractivity contribution in [3.8, 4) is 6.19 Å². The van der Waals surface area contributed by atoms with E-state index < -0.39 is 0 Å². The van der Waals surface area contributed by atoms with Crippen molar-refractivity contribution in [1.29, 1.82) is 5.26 Å². The fourth-order valence-corrected chi connectivity index (χ4v) is 2.89. The van der Waals surface area contributed by atoms with Gasteiger partial charge in [0, 0.05) is 39.3 Å². The summed E-state index contributed by atoms with van der Waals surface area (Å²) >= 11 is 0. The van der Waals surface area contributed by atoms with Crippen LogP contribution in [0.2, 0.25) is 0 Å². The minimum atomic E-state index is 0.558. The molecular formula is C15H28N4O. The lowest BCUT2D eigenvalue weighted by molar-refractivity contribution is -0.0769. The molecule has 0 aromatic carbocycles. The molecule has 0 saturated carbocycles. The highest BCUT2D eigenvalue weighted by Gasteiger charge is 2.28. The Morgan fingerprint density at radius 2 is 1.95 bits per heavy atom. The molecule has 2 fully saturated rings. The van der Waals surface area contributed by atoms with Gasteiger partial charge >= 0.3 is 0 Å². The summed E-state index contributed by atoms with van der Waals surface area (Å²) in [6, 6.07) is 0.678. The van der Waals surface area contributed by atoms with Crippen molar-refractivity contribution in [2.24, 2.45) is 5.92 Å². The van der Waals surface area contributed by atoms with Crippen LogP contribution in [0.25, 0.3) is 0 Å². The van der Waals surface area contributed by atoms with Gasteiger partial charge in [-0.05, 0) is 18.9 Å². The predicted molar refractivity (Wildman–Crippen MR) is 79.3 cm³/mol. The Labute approximate surface area is 123 Å². The molecule has 2 saturated heterocycles. The van der Waals surface area contributed by atoms with Crippen molar-refractivity contribution < 1.29 is 4.74 Å². The van der Waals surface area contributed by atoms with Crippen molar-refractivity contribution in [3.63, 3.8) is 0 Å². The summed E-state index contributed by atoms with van der Waals surface area (Å²) in [5, 5.41) is 9.09. The van der Waals surface area contributed by atoms with Crippen LogP contribution in [-0.2, 0) is 4.74 Å². The molecule has 20 heavy (non-hydrogen) atoms. The fraction of sp³-hybridized carbons (Fsp3) is 0.933. The number of nitriles is 1. The summed E-state index contributed by atoms with van der Waals surface area (Å²) in [4.78, 5) is 6.98. The summed E-state index contributed by atoms with van der Waals surface area (Å²) in [7, 11) is 0. The van der Waals surface area contributed by atoms with Gasteiger partial charge in [-0.2, -0.15) is 5.26 Å². The molecule has 2 aliphatic heterocycles. The second kappa shape index (κ2) is 7.82. The lowest BCUT2D eigenvalue weighted by atomic mass is 10.1. The molecule has 0 unspecified atom stereocenters. The van der Waals surface area contributed by atoms with Crippen LogP contribution in [0.1, 0.15) is 20.3 Å². The molecule has 5 nitrogen and oxygen atoms in total. The van der Waals surface area contributed by atoms with E-state index in [1.54, 1.807) is 0 Å². The average Bonchev–Trinajstić information content (AvgIpc) is 2.37. The molecule has 0 aromatic heterocycles. The average molecular weight is 280 g/mol. The van der Waals surface area contributed by atoms with Gasteiger partial charge in [-0.25, -0.2) is 0 Å². The molecule has 0 amide bonds. The normalized spacial score (nSPS) is 21.7. The number of hydrogen-bond acceptors (Lipinski definition) is 5. The molecule has 2 rings (SSSR count). The highest BCUT2D eigenvalue weighted by atomic mass is 16.5. The van der Waals surface area contributed by atoms with Crippen molar-refractivity contribution in [2.45, 2.75) is 26.3 Å². The second-order valence-electron chi connectivity index (χ2n) is 6.36. The Morgan fingerprint density at radius 3 is 2.45 bits per heavy atom. The van der Waals surface area contributed by atoms with Gasteiger partial charge in [0.1, 0.15) is 0 Å². The van der Waals surface area contributed by atoms with E-state index in [2.05, 4.69) is 29.8 Å². The first-order valence-electron chi connectivity index (χ1n) is 7.88. The van der Waals surface area contributed by atoms with Crippen LogP contribution >= 0.6 is 0 Å². The third-order valence-electron chi connectivity index (χ3n) is 4.17. The van der Waals surface area contributed by atoms with Crippen LogP contribution in [0.4, 0.5) is 0 Å². The zero-order valence-corrected chi connectivity index (χ0v) is 12.9. The quantitative estimate of drug-likeness (QED) is 0.510. The molecule has 0 aliphatic carbocycles. The lowest BCUT2D eigenvalue weighted by Crippen LogP contribution is -2.56. The second-order valence-corrected chi connectivity index (χ2v) is 6.36. The summed E-state index contributed by atoms with van der Waals surface area (Å²) in [5.74, 6) is 0.558. The van der Waals surface area contributed by atoms with E-state index in [9.17, 15) is 0 Å². The minimum absolute atomic E-state index is 0.558. The Morgan fingerprint density at radius 1 is 1.25 bits per heavy atom. The first-order chi connectivity index (χ1) is 9.69. The van der Waals surface area contributed by atoms with E-state index in [4.69, 9.17) is 10.00 Å². The van der Waals surface area contributed by atoms with Crippen molar-refractivity contribution >= 4 is 0 Å². The topological polar surface area (TPSA) is 42.7 Å². The van der Waals surface area contributed by atoms with Crippen LogP contribution in [-0.4, -0.2) is 79.8 Å². The first-order valence-corrected chi connectivity index (χ1v) is 7.88. The maximum absolute atomic E-state index is 9.09. The fourth-order valence-electron chi connectivity index (χ4n) is 2.89. The highest BCUT2D eigenvalue weighted by molar-refractivity contribution is 4.82. The maximum atomic E-state index is 9.09. The molecule has 0 aromatic rings. The van der Waals surface area contributed by atoms with Gasteiger partial charge in [-0.15, -0.1) is 0 Å². The summed E-state index contributed by atoms with van der Waals surface area (Å²) in [6.07, 6.45) is 3.39. The minimum Gasteiger partial charge on any atom is -0.378 e. The molecule has 0 bridgehead atoms. The molecule has 0 spiro atoms. The Bertz CT molecular complexity index is 316. The molecule has 5 heteroatoms. The van der Waals surface area contributed by atoms with Gasteiger partial charge in [0.25, 0.3) is 0 Å². The summed E-state index contributed by atoms with van der Waals surface area (Å²) < 4.78 is 5.26. The monoisotopic (exact) mass is 280 g/mol. The van der Waals surface area contributed by atoms with Crippen molar-refractivity contribution in [1.82, 2.24) is 14.7 Å². The molecule has 2 aliphatic rings. The van der Waals surface area contributed by atoms with E-state index >= 15 is 0 Å². The van der Waals surface area contributed by atoms with E-state index in [1.165, 1.54) is 13.1 Å². The van der Waals surface area contributed by atoms with Gasteiger partial charge in [0.15, 0.2) is 6.19 Å². The van der Waals surface area contributed by atoms with Crippen LogP contribution < -0.4 is 0 Å². The van der Waals surface area contributed by atoms with Crippen LogP contribution in [0.5, 0.6) is 0 Å². The van der Waals surface area contributed by atoms with E-state index in [0.29, 0.717) is 12.0 Å². The summed E-state index contributed by atoms with van der Waals surface area (Å²) in [5.41, 5.74) is 0. The van der Waals surface area contributed by atoms with Gasteiger partial charge in [-0.3, -0.25) is 4.90 Å². The van der Waals surface area contributed by atoms with Gasteiger partial charge < -0.3 is 14.5 Å². The van der Waals surface area contributed by atoms with Gasteiger partial charge in [-0.1, -0.05) is 13.8 Å². The van der Waals surface area contributed by atoms with Crippen molar-refractivity contribution in [3.05, 3.63) is 0 Å². The third kappa shape index (κ3) is 4.62. The number of hydrogen-bond donors (Lipinski definition) is 0. The number of rotatable bonds is 7. The van der Waals surface area contributed by atoms with Crippen LogP contribution in [0.15, 0.2) is 0 Å². The Balaban J connectivity index is 1.57. The van der Waals surface area contributed by atoms with Crippen molar-refractivity contribution in [2.75, 3.05) is 59.0 Å². The SMILES string of the molecule is CC(C)CN(C#N)CCCN1CCN(C2COC2)CC1. The van der Waals surface area contributed by atoms with Gasteiger partial charge in [0.2, 0.25) is 0 Å². The van der Waals surface area contributed by atoms with E-state index in [1.807, 2.05) is 4.90 Å². The molecule has 0 radical (unpaired) electrons. The Hall–Kier alpha value is -0.830. The Kier molecular flexibility index (Phi) is 6.08. The zero-order valence-electron chi connectivity index (χ0n) is 12.9. The third-order valence-corrected chi connectivity index (χ3v) is 4.17. The van der Waals surface area contributed by atoms with Crippen LogP contribution in [0, 0.1) is 17.4 Å². The van der Waals surface area contributed by atoms with E-state index in [0.717, 1.165) is 52.4 Å². The number of piperazine rings is 1. The largest absolute Gasteiger partial charge is 0.378 e.